The standard InChI is InChI=1S/C32H27F4N5O5/c1-30(29(37)43)16-45-26-22(30)14-24(41-25(26)17-3-6-19(33)7-4-17)31(44,32(34,35)36)15-40-28(42)18-5-10-23(46-20-8-9-20)21(13-18)27-38-11-2-12-39-27/h2-7,10-14,20,44H,8-9,15-16H2,1H3,(H2,37,43)(H,40,42)/t30-,31?/m0/s1. The van der Waals surface area contributed by atoms with Gasteiger partial charge in [-0.25, -0.2) is 19.3 Å². The second kappa shape index (κ2) is 11.4. The maximum absolute atomic E-state index is 14.8. The summed E-state index contributed by atoms with van der Waals surface area (Å²) in [7, 11) is 0. The highest BCUT2D eigenvalue weighted by Crippen LogP contribution is 2.47. The van der Waals surface area contributed by atoms with Crippen molar-refractivity contribution in [1.82, 2.24) is 20.3 Å². The van der Waals surface area contributed by atoms with E-state index in [1.54, 1.807) is 6.07 Å². The van der Waals surface area contributed by atoms with Gasteiger partial charge in [0.15, 0.2) is 5.82 Å². The van der Waals surface area contributed by atoms with E-state index in [0.717, 1.165) is 31.0 Å². The molecular formula is C32H27F4N5O5. The van der Waals surface area contributed by atoms with Crippen molar-refractivity contribution in [3.05, 3.63) is 89.6 Å². The van der Waals surface area contributed by atoms with Crippen LogP contribution in [-0.2, 0) is 15.8 Å². The molecule has 14 heteroatoms. The number of aromatic nitrogens is 3. The van der Waals surface area contributed by atoms with E-state index >= 15 is 0 Å². The first-order valence-electron chi connectivity index (χ1n) is 14.2. The molecule has 0 radical (unpaired) electrons. The largest absolute Gasteiger partial charge is 0.490 e. The van der Waals surface area contributed by atoms with E-state index in [0.29, 0.717) is 11.3 Å². The van der Waals surface area contributed by atoms with Gasteiger partial charge in [0.1, 0.15) is 35.0 Å². The van der Waals surface area contributed by atoms with Crippen LogP contribution in [0.25, 0.3) is 22.6 Å². The van der Waals surface area contributed by atoms with Crippen molar-refractivity contribution in [2.45, 2.75) is 43.1 Å². The van der Waals surface area contributed by atoms with Crippen LogP contribution >= 0.6 is 0 Å². The number of nitrogens with one attached hydrogen (secondary N) is 1. The minimum Gasteiger partial charge on any atom is -0.490 e. The second-order valence-corrected chi connectivity index (χ2v) is 11.4. The average Bonchev–Trinajstić information content (AvgIpc) is 3.79. The topological polar surface area (TPSA) is 150 Å². The Hall–Kier alpha value is -5.11. The fraction of sp³-hybridized carbons (Fsp3) is 0.281. The molecule has 4 aromatic rings. The number of carbonyl (C=O) groups is 2. The Morgan fingerprint density at radius 2 is 1.80 bits per heavy atom. The number of nitrogens with zero attached hydrogens (tertiary/aromatic N) is 3. The molecule has 0 bridgehead atoms. The molecule has 3 heterocycles. The molecule has 2 aromatic heterocycles. The van der Waals surface area contributed by atoms with Crippen molar-refractivity contribution in [3.63, 3.8) is 0 Å². The number of aliphatic hydroxyl groups is 1. The predicted octanol–water partition coefficient (Wildman–Crippen LogP) is 4.20. The smallest absolute Gasteiger partial charge is 0.424 e. The highest BCUT2D eigenvalue weighted by molar-refractivity contribution is 5.96. The van der Waals surface area contributed by atoms with Crippen LogP contribution in [0, 0.1) is 5.82 Å². The molecule has 2 aliphatic rings. The van der Waals surface area contributed by atoms with E-state index in [1.165, 1.54) is 49.6 Å². The number of fused-ring (bicyclic) bond motifs is 1. The Bertz CT molecular complexity index is 1820. The maximum atomic E-state index is 14.8. The van der Waals surface area contributed by atoms with Crippen molar-refractivity contribution in [3.8, 4) is 34.1 Å². The van der Waals surface area contributed by atoms with E-state index in [9.17, 15) is 32.3 Å². The SMILES string of the molecule is C[C@]1(C(N)=O)COc2c1cc(C(O)(CNC(=O)c1ccc(OC3CC3)c(-c3ncccn3)c1)C(F)(F)F)nc2-c1ccc(F)cc1. The number of benzene rings is 2. The summed E-state index contributed by atoms with van der Waals surface area (Å²) in [6, 6.07) is 11.5. The maximum Gasteiger partial charge on any atom is 0.424 e. The molecule has 1 aliphatic heterocycles. The number of carbonyl (C=O) groups excluding carboxylic acids is 2. The molecule has 4 N–H and O–H groups in total. The summed E-state index contributed by atoms with van der Waals surface area (Å²) in [5, 5.41) is 13.5. The summed E-state index contributed by atoms with van der Waals surface area (Å²) >= 11 is 0. The molecule has 1 aliphatic carbocycles. The van der Waals surface area contributed by atoms with Gasteiger partial charge in [0.05, 0.1) is 23.9 Å². The van der Waals surface area contributed by atoms with Crippen molar-refractivity contribution in [2.24, 2.45) is 5.73 Å². The van der Waals surface area contributed by atoms with Gasteiger partial charge >= 0.3 is 6.18 Å². The lowest BCUT2D eigenvalue weighted by atomic mass is 9.81. The molecule has 1 fully saturated rings. The number of nitrogens with two attached hydrogens (primary N) is 1. The van der Waals surface area contributed by atoms with Gasteiger partial charge in [0.2, 0.25) is 11.5 Å². The van der Waals surface area contributed by atoms with Crippen LogP contribution in [-0.4, -0.2) is 57.3 Å². The van der Waals surface area contributed by atoms with Crippen molar-refractivity contribution >= 4 is 11.8 Å². The average molecular weight is 638 g/mol. The Morgan fingerprint density at radius 1 is 1.11 bits per heavy atom. The molecular weight excluding hydrogens is 610 g/mol. The van der Waals surface area contributed by atoms with Crippen LogP contribution in [0.3, 0.4) is 0 Å². The van der Waals surface area contributed by atoms with Crippen molar-refractivity contribution < 1.29 is 41.7 Å². The molecule has 2 aromatic carbocycles. The fourth-order valence-electron chi connectivity index (χ4n) is 5.00. The zero-order valence-corrected chi connectivity index (χ0v) is 24.3. The lowest BCUT2D eigenvalue weighted by Gasteiger charge is -2.31. The first-order chi connectivity index (χ1) is 21.8. The molecule has 2 atom stereocenters. The molecule has 10 nitrogen and oxygen atoms in total. The second-order valence-electron chi connectivity index (χ2n) is 11.4. The monoisotopic (exact) mass is 637 g/mol. The molecule has 1 unspecified atom stereocenters. The fourth-order valence-corrected chi connectivity index (χ4v) is 5.00. The summed E-state index contributed by atoms with van der Waals surface area (Å²) < 4.78 is 69.5. The van der Waals surface area contributed by atoms with Crippen LogP contribution in [0.2, 0.25) is 0 Å². The van der Waals surface area contributed by atoms with Gasteiger partial charge in [-0.15, -0.1) is 0 Å². The summed E-state index contributed by atoms with van der Waals surface area (Å²) in [6.07, 6.45) is -0.648. The van der Waals surface area contributed by atoms with Gasteiger partial charge in [-0.3, -0.25) is 9.59 Å². The van der Waals surface area contributed by atoms with Gasteiger partial charge < -0.3 is 25.6 Å². The molecule has 1 saturated carbocycles. The van der Waals surface area contributed by atoms with Crippen LogP contribution < -0.4 is 20.5 Å². The first kappa shape index (κ1) is 30.9. The van der Waals surface area contributed by atoms with Gasteiger partial charge in [-0.2, -0.15) is 13.2 Å². The molecule has 46 heavy (non-hydrogen) atoms. The minimum atomic E-state index is -5.37. The lowest BCUT2D eigenvalue weighted by molar-refractivity contribution is -0.265. The third kappa shape index (κ3) is 5.60. The Labute approximate surface area is 259 Å². The molecule has 0 saturated heterocycles. The molecule has 0 spiro atoms. The quantitative estimate of drug-likeness (QED) is 0.231. The van der Waals surface area contributed by atoms with E-state index in [-0.39, 0.29) is 46.7 Å². The number of ether oxygens (including phenoxy) is 2. The van der Waals surface area contributed by atoms with Gasteiger partial charge in [0, 0.05) is 29.1 Å². The molecule has 2 amide bonds. The first-order valence-corrected chi connectivity index (χ1v) is 14.2. The van der Waals surface area contributed by atoms with Gasteiger partial charge in [0.25, 0.3) is 5.91 Å². The normalized spacial score (nSPS) is 18.7. The minimum absolute atomic E-state index is 0.00497. The Kier molecular flexibility index (Phi) is 7.63. The van der Waals surface area contributed by atoms with Crippen LogP contribution in [0.1, 0.15) is 41.4 Å². The van der Waals surface area contributed by atoms with E-state index < -0.39 is 47.1 Å². The summed E-state index contributed by atoms with van der Waals surface area (Å²) in [5.74, 6) is -1.81. The van der Waals surface area contributed by atoms with Gasteiger partial charge in [-0.05, 0) is 74.4 Å². The highest BCUT2D eigenvalue weighted by atomic mass is 19.4. The lowest BCUT2D eigenvalue weighted by Crippen LogP contribution is -2.51. The Balaban J connectivity index is 1.38. The number of hydrogen-bond acceptors (Lipinski definition) is 8. The number of amides is 2. The van der Waals surface area contributed by atoms with Crippen molar-refractivity contribution in [1.29, 1.82) is 0 Å². The summed E-state index contributed by atoms with van der Waals surface area (Å²) in [4.78, 5) is 38.2. The highest BCUT2D eigenvalue weighted by Gasteiger charge is 2.57. The zero-order chi connectivity index (χ0) is 32.9. The number of rotatable bonds is 9. The number of pyridine rings is 1. The van der Waals surface area contributed by atoms with Gasteiger partial charge in [-0.1, -0.05) is 0 Å². The summed E-state index contributed by atoms with van der Waals surface area (Å²) in [5.41, 5.74) is -0.375. The third-order valence-corrected chi connectivity index (χ3v) is 8.00. The van der Waals surface area contributed by atoms with Crippen LogP contribution in [0.15, 0.2) is 67.0 Å². The zero-order valence-electron chi connectivity index (χ0n) is 24.3. The number of primary amides is 1. The van der Waals surface area contributed by atoms with E-state index in [4.69, 9.17) is 15.2 Å². The number of alkyl halides is 3. The predicted molar refractivity (Wildman–Crippen MR) is 155 cm³/mol. The number of hydrogen-bond donors (Lipinski definition) is 3. The van der Waals surface area contributed by atoms with E-state index in [2.05, 4.69) is 20.3 Å². The van der Waals surface area contributed by atoms with Crippen molar-refractivity contribution in [2.75, 3.05) is 13.2 Å². The summed E-state index contributed by atoms with van der Waals surface area (Å²) in [6.45, 7) is -0.264. The van der Waals surface area contributed by atoms with Crippen LogP contribution in [0.4, 0.5) is 17.6 Å². The van der Waals surface area contributed by atoms with Crippen LogP contribution in [0.5, 0.6) is 11.5 Å². The third-order valence-electron chi connectivity index (χ3n) is 8.00. The molecule has 6 rings (SSSR count). The molecule has 238 valence electrons. The van der Waals surface area contributed by atoms with E-state index in [1.807, 2.05) is 0 Å². The number of halogens is 4. The Morgan fingerprint density at radius 3 is 2.43 bits per heavy atom.